The molecule has 4 rings (SSSR count). The number of halogens is 1. The van der Waals surface area contributed by atoms with Gasteiger partial charge in [0.1, 0.15) is 0 Å². The molecule has 1 aliphatic carbocycles. The first-order chi connectivity index (χ1) is 13.1. The minimum atomic E-state index is -0.161. The highest BCUT2D eigenvalue weighted by molar-refractivity contribution is 8.00. The van der Waals surface area contributed by atoms with Gasteiger partial charge in [-0.05, 0) is 44.7 Å². The van der Waals surface area contributed by atoms with Gasteiger partial charge < -0.3 is 4.90 Å². The molecule has 2 aliphatic rings. The van der Waals surface area contributed by atoms with Crippen molar-refractivity contribution >= 4 is 29.3 Å². The van der Waals surface area contributed by atoms with Crippen LogP contribution in [0.4, 0.5) is 0 Å². The Morgan fingerprint density at radius 2 is 1.85 bits per heavy atom. The summed E-state index contributed by atoms with van der Waals surface area (Å²) in [5.41, 5.74) is 0.906. The van der Waals surface area contributed by atoms with Gasteiger partial charge in [-0.1, -0.05) is 48.3 Å². The van der Waals surface area contributed by atoms with Gasteiger partial charge in [0.25, 0.3) is 0 Å². The predicted octanol–water partition coefficient (Wildman–Crippen LogP) is 4.82. The third-order valence-corrected chi connectivity index (χ3v) is 6.89. The molecule has 1 saturated carbocycles. The number of rotatable bonds is 5. The summed E-state index contributed by atoms with van der Waals surface area (Å²) in [6.45, 7) is 3.74. The third kappa shape index (κ3) is 3.87. The number of likely N-dealkylation sites (tertiary alicyclic amines) is 1. The fourth-order valence-electron chi connectivity index (χ4n) is 4.08. The molecule has 2 heterocycles. The number of carbonyl (C=O) groups excluding carboxylic acids is 1. The Balaban J connectivity index is 1.64. The zero-order chi connectivity index (χ0) is 18.8. The average molecular weight is 405 g/mol. The second kappa shape index (κ2) is 8.23. The van der Waals surface area contributed by atoms with Crippen molar-refractivity contribution in [2.75, 3.05) is 13.1 Å². The summed E-state index contributed by atoms with van der Waals surface area (Å²) < 4.78 is 2.23. The van der Waals surface area contributed by atoms with Crippen molar-refractivity contribution in [1.29, 1.82) is 0 Å². The van der Waals surface area contributed by atoms with E-state index in [0.717, 1.165) is 55.3 Å². The van der Waals surface area contributed by atoms with Gasteiger partial charge in [-0.3, -0.25) is 9.36 Å². The van der Waals surface area contributed by atoms with E-state index in [-0.39, 0.29) is 11.2 Å². The summed E-state index contributed by atoms with van der Waals surface area (Å²) in [6, 6.07) is 8.15. The van der Waals surface area contributed by atoms with E-state index in [1.54, 1.807) is 0 Å². The van der Waals surface area contributed by atoms with Crippen LogP contribution in [0.5, 0.6) is 0 Å². The van der Waals surface area contributed by atoms with Gasteiger partial charge in [0.15, 0.2) is 11.0 Å². The smallest absolute Gasteiger partial charge is 0.235 e. The molecular formula is C20H25ClN4OS. The third-order valence-electron chi connectivity index (χ3n) is 5.52. The van der Waals surface area contributed by atoms with Gasteiger partial charge in [-0.2, -0.15) is 0 Å². The lowest BCUT2D eigenvalue weighted by molar-refractivity contribution is -0.129. The van der Waals surface area contributed by atoms with Crippen LogP contribution in [0.1, 0.15) is 51.5 Å². The molecule has 0 unspecified atom stereocenters. The zero-order valence-electron chi connectivity index (χ0n) is 15.6. The van der Waals surface area contributed by atoms with Crippen LogP contribution in [0.25, 0.3) is 11.4 Å². The predicted molar refractivity (Wildman–Crippen MR) is 109 cm³/mol. The number of amides is 1. The fraction of sp³-hybridized carbons (Fsp3) is 0.550. The highest BCUT2D eigenvalue weighted by Gasteiger charge is 2.29. The first kappa shape index (κ1) is 18.8. The number of benzene rings is 1. The number of hydrogen-bond donors (Lipinski definition) is 0. The van der Waals surface area contributed by atoms with Crippen LogP contribution in [0.15, 0.2) is 29.4 Å². The maximum absolute atomic E-state index is 12.7. The summed E-state index contributed by atoms with van der Waals surface area (Å²) in [5, 5.41) is 10.3. The van der Waals surface area contributed by atoms with Crippen molar-refractivity contribution in [3.63, 3.8) is 0 Å². The van der Waals surface area contributed by atoms with Gasteiger partial charge in [-0.25, -0.2) is 0 Å². The Morgan fingerprint density at radius 1 is 1.15 bits per heavy atom. The van der Waals surface area contributed by atoms with E-state index in [9.17, 15) is 4.79 Å². The molecule has 0 bridgehead atoms. The number of thioether (sulfide) groups is 1. The largest absolute Gasteiger partial charge is 0.342 e. The number of carbonyl (C=O) groups is 1. The Morgan fingerprint density at radius 3 is 2.56 bits per heavy atom. The zero-order valence-corrected chi connectivity index (χ0v) is 17.2. The van der Waals surface area contributed by atoms with Crippen molar-refractivity contribution in [2.24, 2.45) is 0 Å². The molecule has 5 nitrogen and oxygen atoms in total. The summed E-state index contributed by atoms with van der Waals surface area (Å²) in [4.78, 5) is 14.7. The van der Waals surface area contributed by atoms with Crippen LogP contribution in [-0.4, -0.2) is 43.9 Å². The molecule has 7 heteroatoms. The summed E-state index contributed by atoms with van der Waals surface area (Å²) in [6.07, 6.45) is 6.90. The van der Waals surface area contributed by atoms with Crippen LogP contribution < -0.4 is 0 Å². The molecule has 1 aromatic carbocycles. The van der Waals surface area contributed by atoms with Crippen molar-refractivity contribution in [2.45, 2.75) is 61.9 Å². The summed E-state index contributed by atoms with van der Waals surface area (Å²) >= 11 is 7.97. The fourth-order valence-corrected chi connectivity index (χ4v) is 5.30. The first-order valence-corrected chi connectivity index (χ1v) is 11.1. The van der Waals surface area contributed by atoms with Crippen molar-refractivity contribution in [1.82, 2.24) is 19.7 Å². The van der Waals surface area contributed by atoms with Gasteiger partial charge in [0, 0.05) is 24.7 Å². The number of aromatic nitrogens is 3. The van der Waals surface area contributed by atoms with Crippen LogP contribution in [0.3, 0.4) is 0 Å². The van der Waals surface area contributed by atoms with E-state index >= 15 is 0 Å². The molecule has 1 atom stereocenters. The molecule has 1 saturated heterocycles. The topological polar surface area (TPSA) is 51.0 Å². The van der Waals surface area contributed by atoms with Gasteiger partial charge >= 0.3 is 0 Å². The molecule has 144 valence electrons. The molecule has 2 aromatic rings. The van der Waals surface area contributed by atoms with Gasteiger partial charge in [-0.15, -0.1) is 10.2 Å². The molecule has 27 heavy (non-hydrogen) atoms. The first-order valence-electron chi connectivity index (χ1n) is 9.80. The Kier molecular flexibility index (Phi) is 5.74. The molecule has 1 aromatic heterocycles. The Bertz CT molecular complexity index is 812. The summed E-state index contributed by atoms with van der Waals surface area (Å²) in [7, 11) is 0. The minimum absolute atomic E-state index is 0.161. The quantitative estimate of drug-likeness (QED) is 0.670. The maximum Gasteiger partial charge on any atom is 0.235 e. The van der Waals surface area contributed by atoms with Crippen molar-refractivity contribution in [3.8, 4) is 11.4 Å². The van der Waals surface area contributed by atoms with Crippen LogP contribution in [0, 0.1) is 0 Å². The van der Waals surface area contributed by atoms with Gasteiger partial charge in [0.05, 0.1) is 10.3 Å². The van der Waals surface area contributed by atoms with E-state index in [1.807, 2.05) is 36.1 Å². The van der Waals surface area contributed by atoms with E-state index in [2.05, 4.69) is 14.8 Å². The second-order valence-corrected chi connectivity index (χ2v) is 9.10. The highest BCUT2D eigenvalue weighted by Crippen LogP contribution is 2.39. The second-order valence-electron chi connectivity index (χ2n) is 7.39. The number of hydrogen-bond acceptors (Lipinski definition) is 4. The normalized spacial score (nSPS) is 19.0. The lowest BCUT2D eigenvalue weighted by Gasteiger charge is -2.21. The molecular weight excluding hydrogens is 380 g/mol. The standard InChI is InChI=1S/C20H25ClN4OS/c1-14(19(26)24-12-6-7-13-24)27-20-23-22-18(16-10-4-5-11-17(16)21)25(20)15-8-2-3-9-15/h4-5,10-11,14-15H,2-3,6-9,12-13H2,1H3/t14-/m0/s1. The van der Waals surface area contributed by atoms with E-state index in [4.69, 9.17) is 11.6 Å². The molecule has 0 spiro atoms. The number of nitrogens with zero attached hydrogens (tertiary/aromatic N) is 4. The van der Waals surface area contributed by atoms with Gasteiger partial charge in [0.2, 0.25) is 5.91 Å². The van der Waals surface area contributed by atoms with Crippen molar-refractivity contribution < 1.29 is 4.79 Å². The van der Waals surface area contributed by atoms with Crippen LogP contribution in [-0.2, 0) is 4.79 Å². The molecule has 1 amide bonds. The maximum atomic E-state index is 12.7. The van der Waals surface area contributed by atoms with Crippen molar-refractivity contribution in [3.05, 3.63) is 29.3 Å². The molecule has 0 N–H and O–H groups in total. The SMILES string of the molecule is C[C@H](Sc1nnc(-c2ccccc2Cl)n1C1CCCC1)C(=O)N1CCCC1. The van der Waals surface area contributed by atoms with Crippen LogP contribution in [0.2, 0.25) is 5.02 Å². The monoisotopic (exact) mass is 404 g/mol. The molecule has 1 aliphatic heterocycles. The summed E-state index contributed by atoms with van der Waals surface area (Å²) in [5.74, 6) is 1.02. The molecule has 2 fully saturated rings. The Labute approximate surface area is 169 Å². The average Bonchev–Trinajstić information content (AvgIpc) is 3.42. The Hall–Kier alpha value is -1.53. The lowest BCUT2D eigenvalue weighted by Crippen LogP contribution is -2.34. The van der Waals surface area contributed by atoms with Crippen LogP contribution >= 0.6 is 23.4 Å². The minimum Gasteiger partial charge on any atom is -0.342 e. The van der Waals surface area contributed by atoms with E-state index < -0.39 is 0 Å². The highest BCUT2D eigenvalue weighted by atomic mass is 35.5. The lowest BCUT2D eigenvalue weighted by atomic mass is 10.2. The van der Waals surface area contributed by atoms with E-state index in [1.165, 1.54) is 24.6 Å². The van der Waals surface area contributed by atoms with E-state index in [0.29, 0.717) is 11.1 Å². The molecule has 0 radical (unpaired) electrons.